The van der Waals surface area contributed by atoms with Crippen LogP contribution in [0.4, 0.5) is 0 Å². The molecule has 1 heterocycles. The maximum atomic E-state index is 8.64. The van der Waals surface area contributed by atoms with E-state index >= 15 is 0 Å². The van der Waals surface area contributed by atoms with Crippen molar-refractivity contribution in [1.29, 1.82) is 0 Å². The molecule has 0 saturated heterocycles. The van der Waals surface area contributed by atoms with Crippen molar-refractivity contribution < 1.29 is 5.11 Å². The highest BCUT2D eigenvalue weighted by Crippen LogP contribution is 2.11. The summed E-state index contributed by atoms with van der Waals surface area (Å²) in [4.78, 5) is 0. The number of hydrogen-bond donors (Lipinski definition) is 1. The molecule has 1 N–H and O–H groups in total. The Morgan fingerprint density at radius 1 is 1.23 bits per heavy atom. The molecular weight excluding hydrogens is 164 g/mol. The fourth-order valence-corrected chi connectivity index (χ4v) is 1.38. The molecule has 0 aliphatic rings. The highest BCUT2D eigenvalue weighted by molar-refractivity contribution is 5.21. The van der Waals surface area contributed by atoms with Gasteiger partial charge in [-0.15, -0.1) is 0 Å². The van der Waals surface area contributed by atoms with E-state index in [1.165, 1.54) is 11.3 Å². The zero-order valence-corrected chi connectivity index (χ0v) is 8.67. The third-order valence-corrected chi connectivity index (χ3v) is 2.52. The van der Waals surface area contributed by atoms with Gasteiger partial charge in [-0.25, -0.2) is 0 Å². The molecule has 3 heteroatoms. The third kappa shape index (κ3) is 2.31. The Morgan fingerprint density at radius 3 is 2.38 bits per heavy atom. The average molecular weight is 182 g/mol. The number of aliphatic hydroxyl groups is 1. The molecule has 1 rings (SSSR count). The van der Waals surface area contributed by atoms with E-state index in [0.29, 0.717) is 0 Å². The lowest BCUT2D eigenvalue weighted by atomic mass is 10.2. The second-order valence-corrected chi connectivity index (χ2v) is 3.45. The smallest absolute Gasteiger partial charge is 0.0625 e. The summed E-state index contributed by atoms with van der Waals surface area (Å²) in [5.74, 6) is 0. The third-order valence-electron chi connectivity index (χ3n) is 2.52. The topological polar surface area (TPSA) is 38.0 Å². The Balaban J connectivity index is 2.61. The summed E-state index contributed by atoms with van der Waals surface area (Å²) in [6.07, 6.45) is 1.86. The van der Waals surface area contributed by atoms with Crippen molar-refractivity contribution in [2.45, 2.75) is 40.2 Å². The summed E-state index contributed by atoms with van der Waals surface area (Å²) < 4.78 is 2.03. The van der Waals surface area contributed by atoms with E-state index in [1.807, 2.05) is 11.6 Å². The molecule has 0 aliphatic carbocycles. The van der Waals surface area contributed by atoms with Gasteiger partial charge < -0.3 is 5.11 Å². The number of hydrogen-bond acceptors (Lipinski definition) is 2. The van der Waals surface area contributed by atoms with E-state index in [4.69, 9.17) is 5.11 Å². The summed E-state index contributed by atoms with van der Waals surface area (Å²) in [6.45, 7) is 7.42. The van der Waals surface area contributed by atoms with E-state index in [-0.39, 0.29) is 6.61 Å². The van der Waals surface area contributed by atoms with Crippen molar-refractivity contribution in [1.82, 2.24) is 9.78 Å². The van der Waals surface area contributed by atoms with Gasteiger partial charge >= 0.3 is 0 Å². The largest absolute Gasteiger partial charge is 0.396 e. The zero-order valence-electron chi connectivity index (χ0n) is 8.67. The van der Waals surface area contributed by atoms with Crippen LogP contribution in [0.3, 0.4) is 0 Å². The number of aryl methyl sites for hydroxylation is 2. The van der Waals surface area contributed by atoms with Crippen LogP contribution in [0.15, 0.2) is 0 Å². The Morgan fingerprint density at radius 2 is 1.92 bits per heavy atom. The first kappa shape index (κ1) is 10.3. The maximum Gasteiger partial charge on any atom is 0.0625 e. The minimum Gasteiger partial charge on any atom is -0.396 e. The molecule has 0 fully saturated rings. The van der Waals surface area contributed by atoms with Gasteiger partial charge in [0.1, 0.15) is 0 Å². The van der Waals surface area contributed by atoms with Crippen molar-refractivity contribution in [3.05, 3.63) is 17.0 Å². The van der Waals surface area contributed by atoms with E-state index in [2.05, 4.69) is 18.9 Å². The quantitative estimate of drug-likeness (QED) is 0.718. The van der Waals surface area contributed by atoms with Gasteiger partial charge in [0.05, 0.1) is 5.69 Å². The molecule has 0 atom stereocenters. The molecular formula is C10H18N2O. The standard InChI is InChI=1S/C10H18N2O/c1-8-9(2)11-12(10(8)3)6-4-5-7-13/h13H,4-7H2,1-3H3. The molecule has 13 heavy (non-hydrogen) atoms. The van der Waals surface area contributed by atoms with Gasteiger partial charge in [-0.3, -0.25) is 4.68 Å². The molecule has 0 aliphatic heterocycles. The minimum atomic E-state index is 0.276. The Bertz CT molecular complexity index is 279. The summed E-state index contributed by atoms with van der Waals surface area (Å²) in [6, 6.07) is 0. The van der Waals surface area contributed by atoms with Crippen molar-refractivity contribution in [2.75, 3.05) is 6.61 Å². The van der Waals surface area contributed by atoms with Crippen LogP contribution in [-0.2, 0) is 6.54 Å². The molecule has 1 aromatic heterocycles. The lowest BCUT2D eigenvalue weighted by molar-refractivity contribution is 0.280. The van der Waals surface area contributed by atoms with Crippen LogP contribution in [0.25, 0.3) is 0 Å². The number of rotatable bonds is 4. The predicted octanol–water partition coefficient (Wildman–Crippen LogP) is 1.58. The summed E-state index contributed by atoms with van der Waals surface area (Å²) in [5, 5.41) is 13.1. The van der Waals surface area contributed by atoms with Gasteiger partial charge in [-0.2, -0.15) is 5.10 Å². The Hall–Kier alpha value is -0.830. The van der Waals surface area contributed by atoms with Crippen molar-refractivity contribution >= 4 is 0 Å². The Kier molecular flexibility index (Phi) is 3.48. The van der Waals surface area contributed by atoms with Crippen molar-refractivity contribution in [2.24, 2.45) is 0 Å². The molecule has 3 nitrogen and oxygen atoms in total. The summed E-state index contributed by atoms with van der Waals surface area (Å²) >= 11 is 0. The Labute approximate surface area is 79.4 Å². The maximum absolute atomic E-state index is 8.64. The highest BCUT2D eigenvalue weighted by Gasteiger charge is 2.05. The van der Waals surface area contributed by atoms with Crippen LogP contribution >= 0.6 is 0 Å². The lowest BCUT2D eigenvalue weighted by Gasteiger charge is -2.02. The normalized spacial score (nSPS) is 10.8. The lowest BCUT2D eigenvalue weighted by Crippen LogP contribution is -2.03. The molecule has 0 unspecified atom stereocenters. The van der Waals surface area contributed by atoms with Crippen LogP contribution in [0.5, 0.6) is 0 Å². The van der Waals surface area contributed by atoms with E-state index < -0.39 is 0 Å². The van der Waals surface area contributed by atoms with Gasteiger partial charge in [0.25, 0.3) is 0 Å². The second kappa shape index (κ2) is 4.42. The number of aliphatic hydroxyl groups excluding tert-OH is 1. The molecule has 74 valence electrons. The number of aromatic nitrogens is 2. The number of nitrogens with zero attached hydrogens (tertiary/aromatic N) is 2. The van der Waals surface area contributed by atoms with Crippen LogP contribution in [-0.4, -0.2) is 21.5 Å². The SMILES string of the molecule is Cc1nn(CCCCO)c(C)c1C. The molecule has 0 aromatic carbocycles. The molecule has 0 bridgehead atoms. The monoisotopic (exact) mass is 182 g/mol. The second-order valence-electron chi connectivity index (χ2n) is 3.45. The fraction of sp³-hybridized carbons (Fsp3) is 0.700. The average Bonchev–Trinajstić information content (AvgIpc) is 2.34. The van der Waals surface area contributed by atoms with E-state index in [0.717, 1.165) is 25.1 Å². The van der Waals surface area contributed by atoms with Crippen molar-refractivity contribution in [3.63, 3.8) is 0 Å². The van der Waals surface area contributed by atoms with Crippen LogP contribution in [0, 0.1) is 20.8 Å². The van der Waals surface area contributed by atoms with Gasteiger partial charge in [0, 0.05) is 18.8 Å². The van der Waals surface area contributed by atoms with Gasteiger partial charge in [-0.1, -0.05) is 0 Å². The minimum absolute atomic E-state index is 0.276. The zero-order chi connectivity index (χ0) is 9.84. The molecule has 1 aromatic rings. The predicted molar refractivity (Wildman–Crippen MR) is 52.8 cm³/mol. The van der Waals surface area contributed by atoms with Crippen LogP contribution < -0.4 is 0 Å². The first-order valence-corrected chi connectivity index (χ1v) is 4.78. The van der Waals surface area contributed by atoms with Gasteiger partial charge in [-0.05, 0) is 39.2 Å². The fourth-order valence-electron chi connectivity index (χ4n) is 1.38. The molecule has 0 spiro atoms. The molecule has 0 amide bonds. The van der Waals surface area contributed by atoms with Gasteiger partial charge in [0.15, 0.2) is 0 Å². The van der Waals surface area contributed by atoms with Crippen LogP contribution in [0.1, 0.15) is 29.8 Å². The first-order chi connectivity index (χ1) is 6.16. The van der Waals surface area contributed by atoms with Crippen molar-refractivity contribution in [3.8, 4) is 0 Å². The first-order valence-electron chi connectivity index (χ1n) is 4.78. The highest BCUT2D eigenvalue weighted by atomic mass is 16.2. The molecule has 0 radical (unpaired) electrons. The summed E-state index contributed by atoms with van der Waals surface area (Å²) in [7, 11) is 0. The van der Waals surface area contributed by atoms with Gasteiger partial charge in [0.2, 0.25) is 0 Å². The van der Waals surface area contributed by atoms with E-state index in [9.17, 15) is 0 Å². The summed E-state index contributed by atoms with van der Waals surface area (Å²) in [5.41, 5.74) is 3.64. The molecule has 0 saturated carbocycles. The van der Waals surface area contributed by atoms with E-state index in [1.54, 1.807) is 0 Å². The van der Waals surface area contributed by atoms with Crippen LogP contribution in [0.2, 0.25) is 0 Å². The number of unbranched alkanes of at least 4 members (excludes halogenated alkanes) is 1.